The number of ether oxygens (including phenoxy) is 1. The van der Waals surface area contributed by atoms with E-state index in [0.717, 1.165) is 37.1 Å². The summed E-state index contributed by atoms with van der Waals surface area (Å²) in [6.07, 6.45) is 2.95. The molecule has 3 nitrogen and oxygen atoms in total. The summed E-state index contributed by atoms with van der Waals surface area (Å²) in [6.45, 7) is 1.49. The van der Waals surface area contributed by atoms with Crippen LogP contribution in [0.2, 0.25) is 0 Å². The van der Waals surface area contributed by atoms with Crippen molar-refractivity contribution in [3.05, 3.63) is 66.2 Å². The molecule has 1 aliphatic carbocycles. The molecule has 2 aromatic rings. The summed E-state index contributed by atoms with van der Waals surface area (Å²) in [4.78, 5) is 15.0. The van der Waals surface area contributed by atoms with Crippen molar-refractivity contribution >= 4 is 5.91 Å². The van der Waals surface area contributed by atoms with E-state index in [2.05, 4.69) is 12.1 Å². The van der Waals surface area contributed by atoms with E-state index >= 15 is 0 Å². The second-order valence-electron chi connectivity index (χ2n) is 6.54. The molecule has 0 radical (unpaired) electrons. The Balaban J connectivity index is 1.43. The first-order valence-electron chi connectivity index (χ1n) is 8.34. The molecule has 1 heterocycles. The van der Waals surface area contributed by atoms with E-state index in [-0.39, 0.29) is 17.4 Å². The van der Waals surface area contributed by atoms with Crippen molar-refractivity contribution in [1.29, 1.82) is 0 Å². The number of carbonyl (C=O) groups excluding carboxylic acids is 1. The van der Waals surface area contributed by atoms with Gasteiger partial charge in [0.05, 0.1) is 12.0 Å². The van der Waals surface area contributed by atoms with E-state index in [1.165, 1.54) is 0 Å². The Labute approximate surface area is 136 Å². The van der Waals surface area contributed by atoms with Crippen LogP contribution in [0.15, 0.2) is 60.7 Å². The quantitative estimate of drug-likeness (QED) is 0.866. The fraction of sp³-hybridized carbons (Fsp3) is 0.350. The Morgan fingerprint density at radius 3 is 2.30 bits per heavy atom. The molecule has 0 spiro atoms. The lowest BCUT2D eigenvalue weighted by atomic mass is 9.94. The minimum absolute atomic E-state index is 0.105. The summed E-state index contributed by atoms with van der Waals surface area (Å²) in [7, 11) is 0. The maximum atomic E-state index is 13.0. The van der Waals surface area contributed by atoms with Crippen molar-refractivity contribution in [2.45, 2.75) is 30.8 Å². The second kappa shape index (κ2) is 5.73. The number of carbonyl (C=O) groups is 1. The molecule has 0 bridgehead atoms. The van der Waals surface area contributed by atoms with Crippen LogP contribution in [-0.4, -0.2) is 30.0 Å². The molecule has 118 valence electrons. The lowest BCUT2D eigenvalue weighted by molar-refractivity contribution is -0.133. The lowest BCUT2D eigenvalue weighted by Crippen LogP contribution is -2.38. The van der Waals surface area contributed by atoms with Crippen LogP contribution in [0.4, 0.5) is 0 Å². The zero-order valence-corrected chi connectivity index (χ0v) is 13.2. The second-order valence-corrected chi connectivity index (χ2v) is 6.54. The van der Waals surface area contributed by atoms with Crippen molar-refractivity contribution in [3.63, 3.8) is 0 Å². The van der Waals surface area contributed by atoms with Gasteiger partial charge in [0.25, 0.3) is 0 Å². The smallest absolute Gasteiger partial charge is 0.233 e. The molecule has 1 saturated carbocycles. The number of hydrogen-bond acceptors (Lipinski definition) is 2. The van der Waals surface area contributed by atoms with Crippen LogP contribution >= 0.6 is 0 Å². The van der Waals surface area contributed by atoms with E-state index in [1.54, 1.807) is 0 Å². The molecule has 1 aliphatic heterocycles. The zero-order valence-electron chi connectivity index (χ0n) is 13.2. The predicted molar refractivity (Wildman–Crippen MR) is 89.4 cm³/mol. The van der Waals surface area contributed by atoms with Crippen LogP contribution in [0.5, 0.6) is 5.75 Å². The van der Waals surface area contributed by atoms with Gasteiger partial charge in [-0.3, -0.25) is 4.79 Å². The maximum absolute atomic E-state index is 13.0. The average Bonchev–Trinajstić information content (AvgIpc) is 3.30. The van der Waals surface area contributed by atoms with Gasteiger partial charge < -0.3 is 9.64 Å². The molecule has 2 aromatic carbocycles. The summed E-state index contributed by atoms with van der Waals surface area (Å²) < 4.78 is 6.00. The summed E-state index contributed by atoms with van der Waals surface area (Å²) in [5.41, 5.74) is 0.903. The van der Waals surface area contributed by atoms with Crippen molar-refractivity contribution < 1.29 is 9.53 Å². The van der Waals surface area contributed by atoms with Crippen LogP contribution < -0.4 is 4.74 Å². The van der Waals surface area contributed by atoms with E-state index in [1.807, 2.05) is 53.4 Å². The molecule has 1 atom stereocenters. The summed E-state index contributed by atoms with van der Waals surface area (Å²) in [5, 5.41) is 0. The Hall–Kier alpha value is -2.29. The van der Waals surface area contributed by atoms with Crippen LogP contribution in [0.25, 0.3) is 0 Å². The van der Waals surface area contributed by atoms with E-state index < -0.39 is 0 Å². The van der Waals surface area contributed by atoms with Gasteiger partial charge in [0, 0.05) is 13.0 Å². The number of amides is 1. The molecule has 1 amide bonds. The molecule has 23 heavy (non-hydrogen) atoms. The molecule has 1 unspecified atom stereocenters. The van der Waals surface area contributed by atoms with Crippen molar-refractivity contribution in [2.75, 3.05) is 13.1 Å². The van der Waals surface area contributed by atoms with Gasteiger partial charge in [-0.2, -0.15) is 0 Å². The number of likely N-dealkylation sites (tertiary alicyclic amines) is 1. The number of para-hydroxylation sites is 1. The topological polar surface area (TPSA) is 29.5 Å². The zero-order chi connectivity index (χ0) is 15.7. The highest BCUT2D eigenvalue weighted by Gasteiger charge is 2.53. The number of benzene rings is 2. The van der Waals surface area contributed by atoms with Gasteiger partial charge in [-0.15, -0.1) is 0 Å². The fourth-order valence-corrected chi connectivity index (χ4v) is 3.51. The SMILES string of the molecule is O=C(N1CCC(Oc2ccccc2)C1)C1(c2ccccc2)CC1. The molecule has 4 rings (SSSR count). The monoisotopic (exact) mass is 307 g/mol. The van der Waals surface area contributed by atoms with Gasteiger partial charge in [-0.1, -0.05) is 48.5 Å². The highest BCUT2D eigenvalue weighted by molar-refractivity contribution is 5.91. The normalized spacial score (nSPS) is 21.9. The summed E-state index contributed by atoms with van der Waals surface area (Å²) in [5.74, 6) is 1.17. The number of rotatable bonds is 4. The first-order valence-corrected chi connectivity index (χ1v) is 8.34. The molecular weight excluding hydrogens is 286 g/mol. The Morgan fingerprint density at radius 2 is 1.65 bits per heavy atom. The highest BCUT2D eigenvalue weighted by atomic mass is 16.5. The Bertz CT molecular complexity index is 679. The Morgan fingerprint density at radius 1 is 1.00 bits per heavy atom. The van der Waals surface area contributed by atoms with Gasteiger partial charge in [-0.25, -0.2) is 0 Å². The number of hydrogen-bond donors (Lipinski definition) is 0. The number of nitrogens with zero attached hydrogens (tertiary/aromatic N) is 1. The van der Waals surface area contributed by atoms with Crippen molar-refractivity contribution in [1.82, 2.24) is 4.90 Å². The van der Waals surface area contributed by atoms with Crippen molar-refractivity contribution in [2.24, 2.45) is 0 Å². The minimum atomic E-state index is -0.261. The standard InChI is InChI=1S/C20H21NO2/c22-19(20(12-13-20)16-7-3-1-4-8-16)21-14-11-18(15-21)23-17-9-5-2-6-10-17/h1-10,18H,11-15H2. The van der Waals surface area contributed by atoms with Gasteiger partial charge >= 0.3 is 0 Å². The summed E-state index contributed by atoms with van der Waals surface area (Å²) in [6, 6.07) is 20.1. The first kappa shape index (κ1) is 14.3. The molecule has 2 fully saturated rings. The van der Waals surface area contributed by atoms with E-state index in [0.29, 0.717) is 6.54 Å². The molecular formula is C20H21NO2. The average molecular weight is 307 g/mol. The van der Waals surface area contributed by atoms with Gasteiger partial charge in [0.2, 0.25) is 5.91 Å². The fourth-order valence-electron chi connectivity index (χ4n) is 3.51. The largest absolute Gasteiger partial charge is 0.489 e. The highest BCUT2D eigenvalue weighted by Crippen LogP contribution is 2.49. The third-order valence-corrected chi connectivity index (χ3v) is 4.96. The van der Waals surface area contributed by atoms with Gasteiger partial charge in [0.1, 0.15) is 11.9 Å². The molecule has 1 saturated heterocycles. The summed E-state index contributed by atoms with van der Waals surface area (Å²) >= 11 is 0. The van der Waals surface area contributed by atoms with Gasteiger partial charge in [0.15, 0.2) is 0 Å². The predicted octanol–water partition coefficient (Wildman–Crippen LogP) is 3.40. The third-order valence-electron chi connectivity index (χ3n) is 4.96. The van der Waals surface area contributed by atoms with Crippen LogP contribution in [0, 0.1) is 0 Å². The molecule has 2 aliphatic rings. The lowest BCUT2D eigenvalue weighted by Gasteiger charge is -2.23. The Kier molecular flexibility index (Phi) is 3.56. The van der Waals surface area contributed by atoms with Crippen molar-refractivity contribution in [3.8, 4) is 5.75 Å². The van der Waals surface area contributed by atoms with Gasteiger partial charge in [-0.05, 0) is 30.5 Å². The van der Waals surface area contributed by atoms with Crippen LogP contribution in [0.1, 0.15) is 24.8 Å². The van der Waals surface area contributed by atoms with Crippen LogP contribution in [0.3, 0.4) is 0 Å². The van der Waals surface area contributed by atoms with E-state index in [4.69, 9.17) is 4.74 Å². The minimum Gasteiger partial charge on any atom is -0.489 e. The maximum Gasteiger partial charge on any atom is 0.233 e. The molecule has 0 N–H and O–H groups in total. The van der Waals surface area contributed by atoms with E-state index in [9.17, 15) is 4.79 Å². The molecule has 3 heteroatoms. The van der Waals surface area contributed by atoms with Crippen LogP contribution in [-0.2, 0) is 10.2 Å². The third kappa shape index (κ3) is 2.72. The first-order chi connectivity index (χ1) is 11.3. The molecule has 0 aromatic heterocycles.